The summed E-state index contributed by atoms with van der Waals surface area (Å²) in [5, 5.41) is 4.09. The highest BCUT2D eigenvalue weighted by Gasteiger charge is 2.17. The smallest absolute Gasteiger partial charge is 0.343 e. The Kier molecular flexibility index (Phi) is 3.79. The molecule has 2 rings (SSSR count). The molecule has 0 atom stereocenters. The summed E-state index contributed by atoms with van der Waals surface area (Å²) in [6.07, 6.45) is 2.22. The number of aryl methyl sites for hydroxylation is 1. The fraction of sp³-hybridized carbons (Fsp3) is 0.308. The third-order valence-corrected chi connectivity index (χ3v) is 2.67. The van der Waals surface area contributed by atoms with Crippen molar-refractivity contribution in [1.82, 2.24) is 14.8 Å². The van der Waals surface area contributed by atoms with Gasteiger partial charge in [0.15, 0.2) is 5.82 Å². The van der Waals surface area contributed by atoms with Gasteiger partial charge >= 0.3 is 5.97 Å². The highest BCUT2D eigenvalue weighted by Crippen LogP contribution is 2.17. The van der Waals surface area contributed by atoms with Gasteiger partial charge in [0.25, 0.3) is 0 Å². The molecule has 0 aliphatic rings. The van der Waals surface area contributed by atoms with E-state index in [1.807, 2.05) is 19.1 Å². The number of aromatic nitrogens is 3. The van der Waals surface area contributed by atoms with Crippen LogP contribution in [0, 0.1) is 0 Å². The van der Waals surface area contributed by atoms with Crippen molar-refractivity contribution >= 4 is 11.8 Å². The standard InChI is InChI=1S/C13H16N4O2/c1-3-9-6-5-7-11(16-9)17-12(14)10(8-15-17)13(18)19-4-2/h5-8H,3-4,14H2,1-2H3. The molecule has 19 heavy (non-hydrogen) atoms. The van der Waals surface area contributed by atoms with Gasteiger partial charge in [0.05, 0.1) is 12.8 Å². The number of nitrogen functional groups attached to an aromatic ring is 1. The summed E-state index contributed by atoms with van der Waals surface area (Å²) in [6.45, 7) is 4.06. The molecular weight excluding hydrogens is 244 g/mol. The number of nitrogens with zero attached hydrogens (tertiary/aromatic N) is 3. The Bertz CT molecular complexity index is 592. The number of carbonyl (C=O) groups is 1. The second kappa shape index (κ2) is 5.51. The average Bonchev–Trinajstić information content (AvgIpc) is 2.81. The van der Waals surface area contributed by atoms with Crippen molar-refractivity contribution in [2.24, 2.45) is 0 Å². The summed E-state index contributed by atoms with van der Waals surface area (Å²) in [6, 6.07) is 5.60. The maximum Gasteiger partial charge on any atom is 0.343 e. The van der Waals surface area contributed by atoms with Crippen LogP contribution in [0.4, 0.5) is 5.82 Å². The quantitative estimate of drug-likeness (QED) is 0.844. The van der Waals surface area contributed by atoms with Gasteiger partial charge in [0.2, 0.25) is 0 Å². The van der Waals surface area contributed by atoms with Crippen molar-refractivity contribution in [2.75, 3.05) is 12.3 Å². The van der Waals surface area contributed by atoms with Crippen LogP contribution in [0.15, 0.2) is 24.4 Å². The first-order valence-corrected chi connectivity index (χ1v) is 6.14. The zero-order chi connectivity index (χ0) is 13.8. The second-order valence-corrected chi connectivity index (χ2v) is 3.92. The SMILES string of the molecule is CCOC(=O)c1cnn(-c2cccc(CC)n2)c1N. The Morgan fingerprint density at radius 3 is 2.89 bits per heavy atom. The molecule has 0 aliphatic carbocycles. The first kappa shape index (κ1) is 13.1. The summed E-state index contributed by atoms with van der Waals surface area (Å²) < 4.78 is 6.35. The lowest BCUT2D eigenvalue weighted by atomic mass is 10.3. The minimum absolute atomic E-state index is 0.235. The van der Waals surface area contributed by atoms with Gasteiger partial charge < -0.3 is 10.5 Å². The van der Waals surface area contributed by atoms with Crippen molar-refractivity contribution < 1.29 is 9.53 Å². The van der Waals surface area contributed by atoms with E-state index in [0.717, 1.165) is 12.1 Å². The molecule has 0 aliphatic heterocycles. The van der Waals surface area contributed by atoms with Gasteiger partial charge in [-0.3, -0.25) is 0 Å². The first-order valence-electron chi connectivity index (χ1n) is 6.14. The molecule has 0 bridgehead atoms. The van der Waals surface area contributed by atoms with Crippen LogP contribution in [-0.4, -0.2) is 27.3 Å². The summed E-state index contributed by atoms with van der Waals surface area (Å²) in [5.41, 5.74) is 7.11. The number of esters is 1. The summed E-state index contributed by atoms with van der Waals surface area (Å²) in [4.78, 5) is 16.1. The molecule has 0 amide bonds. The van der Waals surface area contributed by atoms with Crippen molar-refractivity contribution in [3.63, 3.8) is 0 Å². The van der Waals surface area contributed by atoms with E-state index in [1.54, 1.807) is 13.0 Å². The molecule has 0 fully saturated rings. The van der Waals surface area contributed by atoms with Crippen LogP contribution < -0.4 is 5.73 Å². The monoisotopic (exact) mass is 260 g/mol. The first-order chi connectivity index (χ1) is 9.17. The lowest BCUT2D eigenvalue weighted by Crippen LogP contribution is -2.10. The molecule has 2 N–H and O–H groups in total. The van der Waals surface area contributed by atoms with E-state index in [4.69, 9.17) is 10.5 Å². The van der Waals surface area contributed by atoms with Gasteiger partial charge in [-0.1, -0.05) is 13.0 Å². The number of rotatable bonds is 4. The second-order valence-electron chi connectivity index (χ2n) is 3.92. The maximum atomic E-state index is 11.7. The molecule has 6 nitrogen and oxygen atoms in total. The molecule has 0 radical (unpaired) electrons. The van der Waals surface area contributed by atoms with E-state index < -0.39 is 5.97 Å². The highest BCUT2D eigenvalue weighted by molar-refractivity contribution is 5.94. The maximum absolute atomic E-state index is 11.7. The van der Waals surface area contributed by atoms with Gasteiger partial charge in [-0.05, 0) is 25.5 Å². The number of nitrogens with two attached hydrogens (primary N) is 1. The van der Waals surface area contributed by atoms with Crippen LogP contribution in [0.3, 0.4) is 0 Å². The minimum Gasteiger partial charge on any atom is -0.462 e. The molecule has 6 heteroatoms. The van der Waals surface area contributed by atoms with Crippen LogP contribution in [-0.2, 0) is 11.2 Å². The lowest BCUT2D eigenvalue weighted by Gasteiger charge is -2.05. The molecule has 0 aromatic carbocycles. The number of ether oxygens (including phenoxy) is 1. The third kappa shape index (κ3) is 2.57. The number of hydrogen-bond acceptors (Lipinski definition) is 5. The van der Waals surface area contributed by atoms with Gasteiger partial charge in [0, 0.05) is 5.69 Å². The van der Waals surface area contributed by atoms with Crippen LogP contribution in [0.1, 0.15) is 29.9 Å². The Morgan fingerprint density at radius 1 is 1.42 bits per heavy atom. The van der Waals surface area contributed by atoms with Crippen LogP contribution in [0.25, 0.3) is 5.82 Å². The Labute approximate surface area is 111 Å². The Balaban J connectivity index is 2.38. The number of pyridine rings is 1. The molecule has 0 spiro atoms. The summed E-state index contributed by atoms with van der Waals surface area (Å²) in [7, 11) is 0. The molecule has 0 saturated carbocycles. The fourth-order valence-electron chi connectivity index (χ4n) is 1.69. The highest BCUT2D eigenvalue weighted by atomic mass is 16.5. The van der Waals surface area contributed by atoms with E-state index in [1.165, 1.54) is 10.9 Å². The van der Waals surface area contributed by atoms with Crippen molar-refractivity contribution in [3.8, 4) is 5.82 Å². The van der Waals surface area contributed by atoms with Crippen LogP contribution in [0.5, 0.6) is 0 Å². The molecule has 2 aromatic rings. The van der Waals surface area contributed by atoms with E-state index in [2.05, 4.69) is 10.1 Å². The Morgan fingerprint density at radius 2 is 2.21 bits per heavy atom. The third-order valence-electron chi connectivity index (χ3n) is 2.67. The van der Waals surface area contributed by atoms with Crippen molar-refractivity contribution in [1.29, 1.82) is 0 Å². The largest absolute Gasteiger partial charge is 0.462 e. The van der Waals surface area contributed by atoms with Gasteiger partial charge in [0.1, 0.15) is 11.4 Å². The van der Waals surface area contributed by atoms with E-state index in [9.17, 15) is 4.79 Å². The fourth-order valence-corrected chi connectivity index (χ4v) is 1.69. The van der Waals surface area contributed by atoms with E-state index in [-0.39, 0.29) is 11.4 Å². The minimum atomic E-state index is -0.474. The zero-order valence-electron chi connectivity index (χ0n) is 11.0. The zero-order valence-corrected chi connectivity index (χ0v) is 11.0. The molecule has 100 valence electrons. The molecule has 0 saturated heterocycles. The number of carbonyl (C=O) groups excluding carboxylic acids is 1. The van der Waals surface area contributed by atoms with Crippen molar-refractivity contribution in [3.05, 3.63) is 35.7 Å². The van der Waals surface area contributed by atoms with Gasteiger partial charge in [-0.15, -0.1) is 0 Å². The Hall–Kier alpha value is -2.37. The summed E-state index contributed by atoms with van der Waals surface area (Å²) in [5.74, 6) is 0.351. The topological polar surface area (TPSA) is 83.0 Å². The normalized spacial score (nSPS) is 10.4. The van der Waals surface area contributed by atoms with Crippen LogP contribution in [0.2, 0.25) is 0 Å². The average molecular weight is 260 g/mol. The predicted octanol–water partition coefficient (Wildman–Crippen LogP) is 1.59. The van der Waals surface area contributed by atoms with Crippen molar-refractivity contribution in [2.45, 2.75) is 20.3 Å². The molecule has 2 heterocycles. The van der Waals surface area contributed by atoms with Gasteiger partial charge in [-0.2, -0.15) is 9.78 Å². The lowest BCUT2D eigenvalue weighted by molar-refractivity contribution is 0.0527. The van der Waals surface area contributed by atoms with Crippen LogP contribution >= 0.6 is 0 Å². The molecule has 0 unspecified atom stereocenters. The van der Waals surface area contributed by atoms with E-state index >= 15 is 0 Å². The van der Waals surface area contributed by atoms with E-state index in [0.29, 0.717) is 12.4 Å². The number of hydrogen-bond donors (Lipinski definition) is 1. The molecular formula is C13H16N4O2. The number of anilines is 1. The predicted molar refractivity (Wildman–Crippen MR) is 71.1 cm³/mol. The summed E-state index contributed by atoms with van der Waals surface area (Å²) >= 11 is 0. The van der Waals surface area contributed by atoms with Gasteiger partial charge in [-0.25, -0.2) is 9.78 Å². The molecule has 2 aromatic heterocycles.